The third kappa shape index (κ3) is 2.36. The molecule has 4 atom stereocenters. The monoisotopic (exact) mass is 323 g/mol. The Bertz CT molecular complexity index is 822. The average molecular weight is 323 g/mol. The molecule has 2 aromatic rings. The molecule has 2 aromatic heterocycles. The molecule has 1 aliphatic heterocycles. The highest BCUT2D eigenvalue weighted by Crippen LogP contribution is 2.30. The number of aliphatic hydroxyl groups excluding tert-OH is 3. The van der Waals surface area contributed by atoms with Crippen LogP contribution in [0.15, 0.2) is 4.79 Å². The van der Waals surface area contributed by atoms with Gasteiger partial charge in [0.15, 0.2) is 11.9 Å². The lowest BCUT2D eigenvalue weighted by atomic mass is 10.1. The molecule has 0 saturated carbocycles. The summed E-state index contributed by atoms with van der Waals surface area (Å²) >= 11 is 0. The molecule has 0 spiro atoms. The number of rotatable bonds is 2. The van der Waals surface area contributed by atoms with Crippen molar-refractivity contribution >= 4 is 17.0 Å². The molecule has 1 aliphatic rings. The van der Waals surface area contributed by atoms with Crippen LogP contribution >= 0.6 is 0 Å². The molecular weight excluding hydrogens is 306 g/mol. The molecule has 5 N–H and O–H groups in total. The molecular formula is C13H17N5O5. The van der Waals surface area contributed by atoms with Gasteiger partial charge < -0.3 is 25.8 Å². The highest BCUT2D eigenvalue weighted by Gasteiger charge is 2.44. The Labute approximate surface area is 130 Å². The first-order chi connectivity index (χ1) is 10.8. The summed E-state index contributed by atoms with van der Waals surface area (Å²) in [5, 5.41) is 29.0. The maximum absolute atomic E-state index is 12.3. The molecule has 0 aliphatic carbocycles. The highest BCUT2D eigenvalue weighted by atomic mass is 16.6. The van der Waals surface area contributed by atoms with Gasteiger partial charge in [0.25, 0.3) is 0 Å². The minimum absolute atomic E-state index is 0.0783. The molecule has 0 unspecified atom stereocenters. The van der Waals surface area contributed by atoms with Crippen LogP contribution in [0.1, 0.15) is 17.6 Å². The van der Waals surface area contributed by atoms with Crippen molar-refractivity contribution in [1.82, 2.24) is 19.5 Å². The van der Waals surface area contributed by atoms with Gasteiger partial charge in [-0.15, -0.1) is 0 Å². The lowest BCUT2D eigenvalue weighted by molar-refractivity contribution is -0.0536. The van der Waals surface area contributed by atoms with Crippen LogP contribution in [0.25, 0.3) is 11.2 Å². The number of aromatic nitrogens is 4. The standard InChI is InChI=1S/C13H17N5O5/c1-4-5(2)16-11-7(15-4)10(14)18(13(22)17-11)12-9(21)8(20)6(3-19)23-12/h6,8-9,12,19-21H,3,14H2,1-2H3/t6-,8-,9-,12-/m1/s1. The molecule has 10 nitrogen and oxygen atoms in total. The first-order valence-electron chi connectivity index (χ1n) is 7.00. The number of fused-ring (bicyclic) bond motifs is 1. The van der Waals surface area contributed by atoms with E-state index in [1.807, 2.05) is 0 Å². The molecule has 124 valence electrons. The summed E-state index contributed by atoms with van der Waals surface area (Å²) in [5.74, 6) is -0.0783. The second kappa shape index (κ2) is 5.49. The van der Waals surface area contributed by atoms with E-state index in [1.54, 1.807) is 13.8 Å². The summed E-state index contributed by atoms with van der Waals surface area (Å²) in [5.41, 5.74) is 6.75. The Morgan fingerprint density at radius 2 is 1.83 bits per heavy atom. The van der Waals surface area contributed by atoms with Crippen molar-refractivity contribution in [3.8, 4) is 0 Å². The second-order valence-electron chi connectivity index (χ2n) is 5.45. The number of nitrogen functional groups attached to an aromatic ring is 1. The lowest BCUT2D eigenvalue weighted by Gasteiger charge is -2.19. The second-order valence-corrected chi connectivity index (χ2v) is 5.45. The summed E-state index contributed by atoms with van der Waals surface area (Å²) in [6.45, 7) is 2.96. The number of ether oxygens (including phenoxy) is 1. The third-order valence-corrected chi connectivity index (χ3v) is 3.97. The molecule has 3 rings (SSSR count). The van der Waals surface area contributed by atoms with Gasteiger partial charge in [-0.25, -0.2) is 19.3 Å². The van der Waals surface area contributed by atoms with E-state index in [2.05, 4.69) is 15.0 Å². The Hall–Kier alpha value is -2.14. The van der Waals surface area contributed by atoms with E-state index in [0.717, 1.165) is 4.57 Å². The van der Waals surface area contributed by atoms with Crippen LogP contribution in [0, 0.1) is 13.8 Å². The third-order valence-electron chi connectivity index (χ3n) is 3.97. The number of nitrogens with zero attached hydrogens (tertiary/aromatic N) is 4. The zero-order chi connectivity index (χ0) is 16.9. The van der Waals surface area contributed by atoms with Crippen molar-refractivity contribution in [2.24, 2.45) is 0 Å². The van der Waals surface area contributed by atoms with Gasteiger partial charge in [0.05, 0.1) is 18.0 Å². The van der Waals surface area contributed by atoms with Gasteiger partial charge >= 0.3 is 5.69 Å². The molecule has 1 saturated heterocycles. The summed E-state index contributed by atoms with van der Waals surface area (Å²) in [4.78, 5) is 24.5. The Morgan fingerprint density at radius 1 is 1.17 bits per heavy atom. The fraction of sp³-hybridized carbons (Fsp3) is 0.538. The van der Waals surface area contributed by atoms with Crippen LogP contribution in [0.2, 0.25) is 0 Å². The Balaban J connectivity index is 2.19. The van der Waals surface area contributed by atoms with Gasteiger partial charge in [0, 0.05) is 0 Å². The number of hydrogen-bond acceptors (Lipinski definition) is 9. The molecule has 1 fully saturated rings. The van der Waals surface area contributed by atoms with E-state index in [9.17, 15) is 15.0 Å². The van der Waals surface area contributed by atoms with E-state index in [1.165, 1.54) is 0 Å². The number of aryl methyl sites for hydroxylation is 2. The van der Waals surface area contributed by atoms with Crippen LogP contribution in [-0.4, -0.2) is 59.8 Å². The van der Waals surface area contributed by atoms with E-state index in [4.69, 9.17) is 15.6 Å². The van der Waals surface area contributed by atoms with Crippen LogP contribution in [0.4, 0.5) is 5.82 Å². The quantitative estimate of drug-likeness (QED) is 0.490. The van der Waals surface area contributed by atoms with Gasteiger partial charge in [-0.3, -0.25) is 0 Å². The van der Waals surface area contributed by atoms with Gasteiger partial charge in [0.1, 0.15) is 29.6 Å². The first kappa shape index (κ1) is 15.7. The fourth-order valence-electron chi connectivity index (χ4n) is 2.54. The van der Waals surface area contributed by atoms with Crippen LogP contribution in [-0.2, 0) is 4.74 Å². The molecule has 0 bridgehead atoms. The van der Waals surface area contributed by atoms with Crippen molar-refractivity contribution < 1.29 is 20.1 Å². The van der Waals surface area contributed by atoms with Gasteiger partial charge in [-0.1, -0.05) is 0 Å². The number of hydrogen-bond donors (Lipinski definition) is 4. The molecule has 23 heavy (non-hydrogen) atoms. The first-order valence-corrected chi connectivity index (χ1v) is 7.00. The molecule has 0 radical (unpaired) electrons. The molecule has 10 heteroatoms. The van der Waals surface area contributed by atoms with Gasteiger partial charge in [0.2, 0.25) is 0 Å². The Kier molecular flexibility index (Phi) is 3.76. The number of nitrogens with two attached hydrogens (primary N) is 1. The molecule has 0 amide bonds. The minimum Gasteiger partial charge on any atom is -0.394 e. The summed E-state index contributed by atoms with van der Waals surface area (Å²) in [6.07, 6.45) is -5.08. The van der Waals surface area contributed by atoms with Gasteiger partial charge in [-0.2, -0.15) is 4.98 Å². The van der Waals surface area contributed by atoms with E-state index in [0.29, 0.717) is 11.4 Å². The van der Waals surface area contributed by atoms with Crippen molar-refractivity contribution in [3.05, 3.63) is 21.9 Å². The maximum atomic E-state index is 12.3. The molecule has 0 aromatic carbocycles. The van der Waals surface area contributed by atoms with Gasteiger partial charge in [-0.05, 0) is 13.8 Å². The van der Waals surface area contributed by atoms with E-state index < -0.39 is 36.8 Å². The van der Waals surface area contributed by atoms with E-state index in [-0.39, 0.29) is 17.0 Å². The summed E-state index contributed by atoms with van der Waals surface area (Å²) in [7, 11) is 0. The van der Waals surface area contributed by atoms with Crippen LogP contribution in [0.3, 0.4) is 0 Å². The van der Waals surface area contributed by atoms with E-state index >= 15 is 0 Å². The van der Waals surface area contributed by atoms with Crippen LogP contribution < -0.4 is 11.4 Å². The SMILES string of the molecule is Cc1nc2nc(=O)n([C@@H]3O[C@H](CO)[C@@H](O)[C@H]3O)c(N)c2nc1C. The minimum atomic E-state index is -1.44. The zero-order valence-electron chi connectivity index (χ0n) is 12.5. The predicted molar refractivity (Wildman–Crippen MR) is 78.5 cm³/mol. The normalized spacial score (nSPS) is 27.7. The highest BCUT2D eigenvalue weighted by molar-refractivity contribution is 5.81. The maximum Gasteiger partial charge on any atom is 0.353 e. The zero-order valence-corrected chi connectivity index (χ0v) is 12.5. The smallest absolute Gasteiger partial charge is 0.353 e. The Morgan fingerprint density at radius 3 is 2.43 bits per heavy atom. The van der Waals surface area contributed by atoms with Crippen molar-refractivity contribution in [1.29, 1.82) is 0 Å². The fourth-order valence-corrected chi connectivity index (χ4v) is 2.54. The molecule has 3 heterocycles. The average Bonchev–Trinajstić information content (AvgIpc) is 2.78. The lowest BCUT2D eigenvalue weighted by Crippen LogP contribution is -2.37. The summed E-state index contributed by atoms with van der Waals surface area (Å²) in [6, 6.07) is 0. The summed E-state index contributed by atoms with van der Waals surface area (Å²) < 4.78 is 6.24. The van der Waals surface area contributed by atoms with Crippen molar-refractivity contribution in [2.45, 2.75) is 38.4 Å². The van der Waals surface area contributed by atoms with Crippen molar-refractivity contribution in [3.63, 3.8) is 0 Å². The van der Waals surface area contributed by atoms with Crippen LogP contribution in [0.5, 0.6) is 0 Å². The predicted octanol–water partition coefficient (Wildman–Crippen LogP) is -2.00. The number of aliphatic hydroxyl groups is 3. The number of anilines is 1. The topological polar surface area (TPSA) is 157 Å². The largest absolute Gasteiger partial charge is 0.394 e. The van der Waals surface area contributed by atoms with Crippen molar-refractivity contribution in [2.75, 3.05) is 12.3 Å².